The Balaban J connectivity index is 2.31. The number of hydrogen-bond acceptors (Lipinski definition) is 6. The van der Waals surface area contributed by atoms with Crippen molar-refractivity contribution in [1.82, 2.24) is 9.97 Å². The van der Waals surface area contributed by atoms with Crippen molar-refractivity contribution in [3.05, 3.63) is 42.1 Å². The van der Waals surface area contributed by atoms with E-state index >= 15 is 0 Å². The highest BCUT2D eigenvalue weighted by Gasteiger charge is 2.10. The number of nitrogens with two attached hydrogens (primary N) is 2. The Morgan fingerprint density at radius 1 is 1.28 bits per heavy atom. The summed E-state index contributed by atoms with van der Waals surface area (Å²) in [4.78, 5) is 19.0. The second kappa shape index (κ2) is 5.11. The maximum absolute atomic E-state index is 11.2. The first-order chi connectivity index (χ1) is 8.70. The van der Waals surface area contributed by atoms with Crippen molar-refractivity contribution in [3.8, 4) is 11.6 Å². The van der Waals surface area contributed by atoms with Crippen LogP contribution in [-0.2, 0) is 0 Å². The largest absolute Gasteiger partial charge is 0.438 e. The fraction of sp³-hybridized carbons (Fsp3) is 0. The number of carbonyl (C=O) groups is 1. The Bertz CT molecular complexity index is 573. The zero-order valence-electron chi connectivity index (χ0n) is 9.33. The molecule has 0 saturated carbocycles. The quantitative estimate of drug-likeness (QED) is 0.538. The van der Waals surface area contributed by atoms with Gasteiger partial charge in [0, 0.05) is 12.3 Å². The zero-order valence-corrected chi connectivity index (χ0v) is 9.33. The van der Waals surface area contributed by atoms with Gasteiger partial charge in [-0.1, -0.05) is 12.1 Å². The number of nitrogen functional groups attached to an aromatic ring is 1. The molecule has 18 heavy (non-hydrogen) atoms. The molecule has 7 nitrogen and oxygen atoms in total. The molecule has 7 heteroatoms. The lowest BCUT2D eigenvalue weighted by Crippen LogP contribution is -2.12. The number of carbonyl (C=O) groups excluding carboxylic acids is 1. The lowest BCUT2D eigenvalue weighted by molar-refractivity contribution is 0.0998. The second-order valence-electron chi connectivity index (χ2n) is 3.33. The lowest BCUT2D eigenvalue weighted by atomic mass is 10.2. The van der Waals surface area contributed by atoms with Gasteiger partial charge < -0.3 is 10.5 Å². The molecule has 0 saturated heterocycles. The highest BCUT2D eigenvalue weighted by molar-refractivity contribution is 5.95. The minimum atomic E-state index is -0.572. The first kappa shape index (κ1) is 11.8. The first-order valence-electron chi connectivity index (χ1n) is 5.07. The van der Waals surface area contributed by atoms with Crippen LogP contribution in [0.4, 0.5) is 5.95 Å². The SMILES string of the molecule is NNc1nccc(Oc2ccccc2C(N)=O)n1. The standard InChI is InChI=1S/C11H11N5O2/c12-10(17)7-3-1-2-4-8(7)18-9-5-6-14-11(15-9)16-13/h1-6H,13H2,(H2,12,17)(H,14,15,16). The van der Waals surface area contributed by atoms with Crippen molar-refractivity contribution in [2.75, 3.05) is 5.43 Å². The summed E-state index contributed by atoms with van der Waals surface area (Å²) in [7, 11) is 0. The van der Waals surface area contributed by atoms with Crippen LogP contribution in [0.3, 0.4) is 0 Å². The van der Waals surface area contributed by atoms with Crippen LogP contribution in [0, 0.1) is 0 Å². The molecular formula is C11H11N5O2. The molecule has 92 valence electrons. The van der Waals surface area contributed by atoms with Crippen LogP contribution in [0.25, 0.3) is 0 Å². The molecule has 0 aliphatic heterocycles. The van der Waals surface area contributed by atoms with Crippen molar-refractivity contribution in [2.24, 2.45) is 11.6 Å². The van der Waals surface area contributed by atoms with E-state index in [0.717, 1.165) is 0 Å². The molecule has 0 fully saturated rings. The molecule has 0 spiro atoms. The number of primary amides is 1. The van der Waals surface area contributed by atoms with Crippen LogP contribution in [-0.4, -0.2) is 15.9 Å². The maximum atomic E-state index is 11.2. The third-order valence-corrected chi connectivity index (χ3v) is 2.13. The molecule has 2 rings (SSSR count). The number of aromatic nitrogens is 2. The van der Waals surface area contributed by atoms with E-state index in [2.05, 4.69) is 15.4 Å². The highest BCUT2D eigenvalue weighted by atomic mass is 16.5. The summed E-state index contributed by atoms with van der Waals surface area (Å²) in [6, 6.07) is 8.15. The van der Waals surface area contributed by atoms with Crippen LogP contribution in [0.1, 0.15) is 10.4 Å². The Hall–Kier alpha value is -2.67. The van der Waals surface area contributed by atoms with Gasteiger partial charge >= 0.3 is 0 Å². The minimum Gasteiger partial charge on any atom is -0.438 e. The van der Waals surface area contributed by atoms with Gasteiger partial charge in [-0.2, -0.15) is 4.98 Å². The van der Waals surface area contributed by atoms with E-state index in [1.54, 1.807) is 30.3 Å². The van der Waals surface area contributed by atoms with Gasteiger partial charge in [0.25, 0.3) is 5.91 Å². The van der Waals surface area contributed by atoms with E-state index in [0.29, 0.717) is 5.75 Å². The van der Waals surface area contributed by atoms with Crippen molar-refractivity contribution >= 4 is 11.9 Å². The van der Waals surface area contributed by atoms with Gasteiger partial charge in [0.15, 0.2) is 0 Å². The monoisotopic (exact) mass is 245 g/mol. The molecule has 5 N–H and O–H groups in total. The molecule has 0 aliphatic carbocycles. The molecule has 1 amide bonds. The second-order valence-corrected chi connectivity index (χ2v) is 3.33. The Kier molecular flexibility index (Phi) is 3.35. The van der Waals surface area contributed by atoms with Gasteiger partial charge in [-0.05, 0) is 12.1 Å². The smallest absolute Gasteiger partial charge is 0.252 e. The number of rotatable bonds is 4. The number of hydrogen-bond donors (Lipinski definition) is 3. The molecule has 0 bridgehead atoms. The van der Waals surface area contributed by atoms with Crippen LogP contribution in [0.5, 0.6) is 11.6 Å². The molecule has 1 heterocycles. The number of anilines is 1. The molecule has 2 aromatic rings. The van der Waals surface area contributed by atoms with Crippen LogP contribution >= 0.6 is 0 Å². The van der Waals surface area contributed by atoms with Crippen LogP contribution in [0.2, 0.25) is 0 Å². The lowest BCUT2D eigenvalue weighted by Gasteiger charge is -2.08. The predicted octanol–water partition coefficient (Wildman–Crippen LogP) is 0.653. The Morgan fingerprint density at radius 2 is 2.06 bits per heavy atom. The molecule has 1 aromatic heterocycles. The molecule has 0 aliphatic rings. The predicted molar refractivity (Wildman–Crippen MR) is 64.9 cm³/mol. The van der Waals surface area contributed by atoms with E-state index < -0.39 is 5.91 Å². The third-order valence-electron chi connectivity index (χ3n) is 2.13. The number of hydrazine groups is 1. The van der Waals surface area contributed by atoms with E-state index in [4.69, 9.17) is 16.3 Å². The number of nitrogens with one attached hydrogen (secondary N) is 1. The summed E-state index contributed by atoms with van der Waals surface area (Å²) in [6.07, 6.45) is 1.48. The summed E-state index contributed by atoms with van der Waals surface area (Å²) in [5.41, 5.74) is 7.81. The molecule has 0 radical (unpaired) electrons. The minimum absolute atomic E-state index is 0.212. The highest BCUT2D eigenvalue weighted by Crippen LogP contribution is 2.23. The number of nitrogens with zero attached hydrogens (tertiary/aromatic N) is 2. The van der Waals surface area contributed by atoms with Gasteiger partial charge in [-0.25, -0.2) is 10.8 Å². The van der Waals surface area contributed by atoms with Crippen LogP contribution < -0.4 is 21.7 Å². The fourth-order valence-electron chi connectivity index (χ4n) is 1.34. The van der Waals surface area contributed by atoms with Gasteiger partial charge in [0.2, 0.25) is 11.8 Å². The molecule has 0 atom stereocenters. The van der Waals surface area contributed by atoms with Crippen molar-refractivity contribution in [1.29, 1.82) is 0 Å². The van der Waals surface area contributed by atoms with Gasteiger partial charge in [-0.15, -0.1) is 0 Å². The summed E-state index contributed by atoms with van der Waals surface area (Å²) in [5.74, 6) is 5.41. The fourth-order valence-corrected chi connectivity index (χ4v) is 1.34. The summed E-state index contributed by atoms with van der Waals surface area (Å²) in [5, 5.41) is 0. The maximum Gasteiger partial charge on any atom is 0.252 e. The van der Waals surface area contributed by atoms with Crippen LogP contribution in [0.15, 0.2) is 36.5 Å². The zero-order chi connectivity index (χ0) is 13.0. The average Bonchev–Trinajstić information content (AvgIpc) is 2.39. The van der Waals surface area contributed by atoms with E-state index in [1.807, 2.05) is 0 Å². The van der Waals surface area contributed by atoms with Gasteiger partial charge in [0.05, 0.1) is 5.56 Å². The van der Waals surface area contributed by atoms with Gasteiger partial charge in [-0.3, -0.25) is 10.2 Å². The van der Waals surface area contributed by atoms with E-state index in [-0.39, 0.29) is 17.4 Å². The summed E-state index contributed by atoms with van der Waals surface area (Å²) < 4.78 is 5.47. The Morgan fingerprint density at radius 3 is 2.78 bits per heavy atom. The first-order valence-corrected chi connectivity index (χ1v) is 5.07. The molecule has 1 aromatic carbocycles. The number of amides is 1. The van der Waals surface area contributed by atoms with E-state index in [1.165, 1.54) is 6.20 Å². The summed E-state index contributed by atoms with van der Waals surface area (Å²) >= 11 is 0. The summed E-state index contributed by atoms with van der Waals surface area (Å²) in [6.45, 7) is 0. The van der Waals surface area contributed by atoms with Gasteiger partial charge in [0.1, 0.15) is 5.75 Å². The molecule has 0 unspecified atom stereocenters. The topological polar surface area (TPSA) is 116 Å². The van der Waals surface area contributed by atoms with Crippen molar-refractivity contribution < 1.29 is 9.53 Å². The molecular weight excluding hydrogens is 234 g/mol. The third kappa shape index (κ3) is 2.53. The number of benzene rings is 1. The van der Waals surface area contributed by atoms with Crippen molar-refractivity contribution in [2.45, 2.75) is 0 Å². The number of ether oxygens (including phenoxy) is 1. The normalized spacial score (nSPS) is 9.83. The van der Waals surface area contributed by atoms with E-state index in [9.17, 15) is 4.79 Å². The van der Waals surface area contributed by atoms with Crippen molar-refractivity contribution in [3.63, 3.8) is 0 Å². The Labute approximate surface area is 103 Å². The number of para-hydroxylation sites is 1. The average molecular weight is 245 g/mol.